The molecule has 2 aromatic rings. The fourth-order valence-corrected chi connectivity index (χ4v) is 3.32. The molecule has 0 aliphatic rings. The smallest absolute Gasteiger partial charge is 0.0372 e. The van der Waals surface area contributed by atoms with Crippen LogP contribution in [0, 0.1) is 6.92 Å². The maximum atomic E-state index is 3.68. The fourth-order valence-electron chi connectivity index (χ4n) is 2.35. The van der Waals surface area contributed by atoms with Crippen molar-refractivity contribution in [3.05, 3.63) is 68.1 Å². The summed E-state index contributed by atoms with van der Waals surface area (Å²) in [4.78, 5) is 0. The number of aryl methyl sites for hydroxylation is 1. The van der Waals surface area contributed by atoms with Gasteiger partial charge in [-0.1, -0.05) is 74.7 Å². The van der Waals surface area contributed by atoms with E-state index < -0.39 is 0 Å². The number of rotatable bonds is 5. The molecule has 1 unspecified atom stereocenters. The van der Waals surface area contributed by atoms with Crippen molar-refractivity contribution in [2.24, 2.45) is 0 Å². The highest BCUT2D eigenvalue weighted by Crippen LogP contribution is 2.29. The first kappa shape index (κ1) is 15.7. The van der Waals surface area contributed by atoms with E-state index in [4.69, 9.17) is 0 Å². The van der Waals surface area contributed by atoms with Crippen LogP contribution in [-0.2, 0) is 6.42 Å². The number of likely N-dealkylation sites (N-methyl/N-ethyl adjacent to an activating group) is 1. The van der Waals surface area contributed by atoms with Gasteiger partial charge >= 0.3 is 0 Å². The highest BCUT2D eigenvalue weighted by molar-refractivity contribution is 9.10. The van der Waals surface area contributed by atoms with Crippen LogP contribution in [0.1, 0.15) is 29.7 Å². The molecule has 20 heavy (non-hydrogen) atoms. The van der Waals surface area contributed by atoms with Crippen molar-refractivity contribution in [2.45, 2.75) is 26.3 Å². The van der Waals surface area contributed by atoms with E-state index in [2.05, 4.69) is 93.5 Å². The molecule has 1 atom stereocenters. The SMILES string of the molecule is CCNC(Cc1ccccc1Br)c1cc(C)ccc1Br. The third kappa shape index (κ3) is 3.94. The molecule has 1 nitrogen and oxygen atoms in total. The molecule has 3 heteroatoms. The normalized spacial score (nSPS) is 12.4. The Morgan fingerprint density at radius 3 is 2.50 bits per heavy atom. The average molecular weight is 397 g/mol. The number of nitrogens with one attached hydrogen (secondary N) is 1. The van der Waals surface area contributed by atoms with E-state index in [1.54, 1.807) is 0 Å². The lowest BCUT2D eigenvalue weighted by Gasteiger charge is -2.21. The van der Waals surface area contributed by atoms with Crippen LogP contribution in [0.25, 0.3) is 0 Å². The van der Waals surface area contributed by atoms with Gasteiger partial charge < -0.3 is 5.32 Å². The van der Waals surface area contributed by atoms with Crippen LogP contribution in [0.5, 0.6) is 0 Å². The van der Waals surface area contributed by atoms with Crippen molar-refractivity contribution in [1.82, 2.24) is 5.32 Å². The first-order valence-corrected chi connectivity index (χ1v) is 8.43. The van der Waals surface area contributed by atoms with E-state index in [9.17, 15) is 0 Å². The fraction of sp³-hybridized carbons (Fsp3) is 0.294. The van der Waals surface area contributed by atoms with Crippen molar-refractivity contribution in [2.75, 3.05) is 6.54 Å². The minimum atomic E-state index is 0.313. The molecule has 0 saturated heterocycles. The monoisotopic (exact) mass is 395 g/mol. The molecule has 0 aromatic heterocycles. The zero-order valence-electron chi connectivity index (χ0n) is 11.8. The Labute approximate surface area is 138 Å². The topological polar surface area (TPSA) is 12.0 Å². The number of hydrogen-bond donors (Lipinski definition) is 1. The molecule has 2 rings (SSSR count). The highest BCUT2D eigenvalue weighted by Gasteiger charge is 2.15. The molecule has 0 radical (unpaired) electrons. The second-order valence-corrected chi connectivity index (χ2v) is 6.64. The van der Waals surface area contributed by atoms with Gasteiger partial charge in [0.1, 0.15) is 0 Å². The van der Waals surface area contributed by atoms with Crippen LogP contribution < -0.4 is 5.32 Å². The summed E-state index contributed by atoms with van der Waals surface area (Å²) in [6.45, 7) is 5.24. The summed E-state index contributed by atoms with van der Waals surface area (Å²) in [6, 6.07) is 15.3. The Morgan fingerprint density at radius 2 is 1.80 bits per heavy atom. The van der Waals surface area contributed by atoms with Crippen molar-refractivity contribution < 1.29 is 0 Å². The first-order valence-electron chi connectivity index (χ1n) is 6.84. The average Bonchev–Trinajstić information content (AvgIpc) is 2.43. The summed E-state index contributed by atoms with van der Waals surface area (Å²) in [5.74, 6) is 0. The lowest BCUT2D eigenvalue weighted by molar-refractivity contribution is 0.547. The van der Waals surface area contributed by atoms with Gasteiger partial charge in [0.2, 0.25) is 0 Å². The van der Waals surface area contributed by atoms with Crippen molar-refractivity contribution in [3.63, 3.8) is 0 Å². The molecule has 1 N–H and O–H groups in total. The number of benzene rings is 2. The molecule has 0 bridgehead atoms. The van der Waals surface area contributed by atoms with E-state index in [0.29, 0.717) is 6.04 Å². The van der Waals surface area contributed by atoms with E-state index >= 15 is 0 Å². The molecule has 0 aliphatic heterocycles. The Balaban J connectivity index is 2.32. The molecule has 0 amide bonds. The highest BCUT2D eigenvalue weighted by atomic mass is 79.9. The molecular formula is C17H19Br2N. The second-order valence-electron chi connectivity index (χ2n) is 4.93. The van der Waals surface area contributed by atoms with Crippen LogP contribution in [-0.4, -0.2) is 6.54 Å². The lowest BCUT2D eigenvalue weighted by Crippen LogP contribution is -2.23. The van der Waals surface area contributed by atoms with Gasteiger partial charge in [-0.05, 0) is 43.1 Å². The summed E-state index contributed by atoms with van der Waals surface area (Å²) in [7, 11) is 0. The summed E-state index contributed by atoms with van der Waals surface area (Å²) in [6.07, 6.45) is 0.970. The van der Waals surface area contributed by atoms with Gasteiger partial charge in [-0.25, -0.2) is 0 Å². The van der Waals surface area contributed by atoms with Crippen LogP contribution in [0.4, 0.5) is 0 Å². The predicted molar refractivity (Wildman–Crippen MR) is 93.1 cm³/mol. The third-order valence-corrected chi connectivity index (χ3v) is 4.86. The standard InChI is InChI=1S/C17H19Br2N/c1-3-20-17(11-13-6-4-5-7-15(13)18)14-10-12(2)8-9-16(14)19/h4-10,17,20H,3,11H2,1-2H3. The Kier molecular flexibility index (Phi) is 5.82. The van der Waals surface area contributed by atoms with Crippen molar-refractivity contribution >= 4 is 31.9 Å². The quantitative estimate of drug-likeness (QED) is 0.711. The predicted octanol–water partition coefficient (Wildman–Crippen LogP) is 5.41. The largest absolute Gasteiger partial charge is 0.310 e. The van der Waals surface area contributed by atoms with E-state index in [1.165, 1.54) is 25.6 Å². The van der Waals surface area contributed by atoms with Gasteiger partial charge in [-0.2, -0.15) is 0 Å². The number of halogens is 2. The summed E-state index contributed by atoms with van der Waals surface area (Å²) in [5.41, 5.74) is 3.94. The van der Waals surface area contributed by atoms with Gasteiger partial charge in [-0.15, -0.1) is 0 Å². The van der Waals surface area contributed by atoms with Crippen molar-refractivity contribution in [3.8, 4) is 0 Å². The molecule has 0 spiro atoms. The lowest BCUT2D eigenvalue weighted by atomic mass is 9.97. The first-order chi connectivity index (χ1) is 9.61. The molecule has 0 fully saturated rings. The third-order valence-electron chi connectivity index (χ3n) is 3.36. The maximum absolute atomic E-state index is 3.68. The van der Waals surface area contributed by atoms with Gasteiger partial charge in [0.05, 0.1) is 0 Å². The van der Waals surface area contributed by atoms with Gasteiger partial charge in [0.15, 0.2) is 0 Å². The zero-order chi connectivity index (χ0) is 14.5. The van der Waals surface area contributed by atoms with Crippen LogP contribution in [0.15, 0.2) is 51.4 Å². The Morgan fingerprint density at radius 1 is 1.05 bits per heavy atom. The van der Waals surface area contributed by atoms with Crippen LogP contribution in [0.2, 0.25) is 0 Å². The van der Waals surface area contributed by atoms with E-state index in [1.807, 2.05) is 0 Å². The van der Waals surface area contributed by atoms with Gasteiger partial charge in [0, 0.05) is 15.0 Å². The minimum absolute atomic E-state index is 0.313. The van der Waals surface area contributed by atoms with Gasteiger partial charge in [-0.3, -0.25) is 0 Å². The Bertz CT molecular complexity index is 581. The van der Waals surface area contributed by atoms with Crippen molar-refractivity contribution in [1.29, 1.82) is 0 Å². The molecule has 0 aliphatic carbocycles. The summed E-state index contributed by atoms with van der Waals surface area (Å²) >= 11 is 7.32. The van der Waals surface area contributed by atoms with Gasteiger partial charge in [0.25, 0.3) is 0 Å². The molecule has 0 saturated carbocycles. The maximum Gasteiger partial charge on any atom is 0.0372 e. The molecule has 2 aromatic carbocycles. The molecule has 0 heterocycles. The second kappa shape index (κ2) is 7.39. The van der Waals surface area contributed by atoms with E-state index in [-0.39, 0.29) is 0 Å². The van der Waals surface area contributed by atoms with E-state index in [0.717, 1.165) is 13.0 Å². The van der Waals surface area contributed by atoms with Crippen LogP contribution in [0.3, 0.4) is 0 Å². The minimum Gasteiger partial charge on any atom is -0.310 e. The molecular weight excluding hydrogens is 378 g/mol. The van der Waals surface area contributed by atoms with Crippen LogP contribution >= 0.6 is 31.9 Å². The Hall–Kier alpha value is -0.640. The summed E-state index contributed by atoms with van der Waals surface area (Å²) in [5, 5.41) is 3.59. The number of hydrogen-bond acceptors (Lipinski definition) is 1. The molecule has 106 valence electrons. The zero-order valence-corrected chi connectivity index (χ0v) is 15.0. The summed E-state index contributed by atoms with van der Waals surface area (Å²) < 4.78 is 2.34.